The van der Waals surface area contributed by atoms with Crippen LogP contribution in [0.25, 0.3) is 26.4 Å². The fraction of sp³-hybridized carbons (Fsp3) is 0.273. The van der Waals surface area contributed by atoms with Gasteiger partial charge in [0.05, 0.1) is 28.6 Å². The zero-order valence-electron chi connectivity index (χ0n) is 16.7. The molecular formula is C22H21FN4O2S. The number of rotatable bonds is 4. The van der Waals surface area contributed by atoms with Crippen molar-refractivity contribution >= 4 is 32.4 Å². The second-order valence-corrected chi connectivity index (χ2v) is 8.38. The van der Waals surface area contributed by atoms with Crippen LogP contribution in [0.4, 0.5) is 4.39 Å². The average molecular weight is 425 g/mol. The number of hydrogen-bond acceptors (Lipinski definition) is 5. The molecule has 30 heavy (non-hydrogen) atoms. The fourth-order valence-corrected chi connectivity index (χ4v) is 5.09. The van der Waals surface area contributed by atoms with Gasteiger partial charge >= 0.3 is 0 Å². The lowest BCUT2D eigenvalue weighted by atomic mass is 10.0. The molecule has 1 saturated heterocycles. The average Bonchev–Trinajstić information content (AvgIpc) is 3.48. The van der Waals surface area contributed by atoms with Gasteiger partial charge in [-0.1, -0.05) is 17.4 Å². The second-order valence-electron chi connectivity index (χ2n) is 7.37. The van der Waals surface area contributed by atoms with Crippen molar-refractivity contribution in [1.29, 1.82) is 0 Å². The molecule has 1 atom stereocenters. The number of amides is 1. The molecule has 4 aromatic rings. The van der Waals surface area contributed by atoms with Crippen LogP contribution in [0.5, 0.6) is 5.75 Å². The number of ether oxygens (including phenoxy) is 1. The first-order valence-corrected chi connectivity index (χ1v) is 10.7. The first-order chi connectivity index (χ1) is 14.6. The lowest BCUT2D eigenvalue weighted by molar-refractivity contribution is 0.0960. The SMILES string of the molecule is CNC(=O)c1cc2sc3nc(-c4ccc(C5CCCN5)cc4F)cn3c2cc1OC. The Morgan fingerprint density at radius 1 is 1.37 bits per heavy atom. The number of carbonyl (C=O) groups excluding carboxylic acids is 1. The zero-order chi connectivity index (χ0) is 20.8. The Morgan fingerprint density at radius 2 is 2.23 bits per heavy atom. The Hall–Kier alpha value is -2.97. The van der Waals surface area contributed by atoms with Gasteiger partial charge in [0.25, 0.3) is 5.91 Å². The van der Waals surface area contributed by atoms with E-state index in [0.29, 0.717) is 22.6 Å². The molecule has 3 heterocycles. The van der Waals surface area contributed by atoms with Crippen molar-refractivity contribution in [2.45, 2.75) is 18.9 Å². The van der Waals surface area contributed by atoms with Crippen molar-refractivity contribution in [3.8, 4) is 17.0 Å². The summed E-state index contributed by atoms with van der Waals surface area (Å²) in [6.07, 6.45) is 3.98. The van der Waals surface area contributed by atoms with E-state index in [1.165, 1.54) is 18.4 Å². The third-order valence-corrected chi connectivity index (χ3v) is 6.64. The number of methoxy groups -OCH3 is 1. The minimum absolute atomic E-state index is 0.209. The van der Waals surface area contributed by atoms with E-state index in [0.717, 1.165) is 40.1 Å². The predicted molar refractivity (Wildman–Crippen MR) is 116 cm³/mol. The van der Waals surface area contributed by atoms with Crippen LogP contribution >= 0.6 is 11.3 Å². The molecule has 1 aliphatic rings. The molecule has 154 valence electrons. The summed E-state index contributed by atoms with van der Waals surface area (Å²) in [5.74, 6) is 0.00605. The van der Waals surface area contributed by atoms with Gasteiger partial charge in [-0.25, -0.2) is 9.37 Å². The molecule has 1 amide bonds. The minimum Gasteiger partial charge on any atom is -0.496 e. The van der Waals surface area contributed by atoms with Crippen LogP contribution < -0.4 is 15.4 Å². The number of halogens is 1. The highest BCUT2D eigenvalue weighted by atomic mass is 32.1. The number of fused-ring (bicyclic) bond motifs is 3. The molecule has 5 rings (SSSR count). The van der Waals surface area contributed by atoms with Gasteiger partial charge in [-0.3, -0.25) is 9.20 Å². The van der Waals surface area contributed by atoms with Crippen LogP contribution in [0.1, 0.15) is 34.8 Å². The van der Waals surface area contributed by atoms with Crippen LogP contribution in [0, 0.1) is 5.82 Å². The summed E-state index contributed by atoms with van der Waals surface area (Å²) < 4.78 is 23.1. The van der Waals surface area contributed by atoms with E-state index >= 15 is 0 Å². The van der Waals surface area contributed by atoms with E-state index in [-0.39, 0.29) is 17.8 Å². The largest absolute Gasteiger partial charge is 0.496 e. The second kappa shape index (κ2) is 7.37. The first-order valence-electron chi connectivity index (χ1n) is 9.84. The van der Waals surface area contributed by atoms with Crippen LogP contribution in [-0.2, 0) is 0 Å². The highest BCUT2D eigenvalue weighted by Gasteiger charge is 2.20. The zero-order valence-corrected chi connectivity index (χ0v) is 17.5. The Balaban J connectivity index is 1.57. The van der Waals surface area contributed by atoms with Crippen LogP contribution in [0.3, 0.4) is 0 Å². The van der Waals surface area contributed by atoms with Crippen molar-refractivity contribution in [3.63, 3.8) is 0 Å². The van der Waals surface area contributed by atoms with Gasteiger partial charge in [0, 0.05) is 30.9 Å². The minimum atomic E-state index is -0.268. The number of hydrogen-bond donors (Lipinski definition) is 2. The molecule has 1 fully saturated rings. The van der Waals surface area contributed by atoms with Gasteiger partial charge in [0.15, 0.2) is 4.96 Å². The molecule has 0 radical (unpaired) electrons. The van der Waals surface area contributed by atoms with Crippen LogP contribution in [0.2, 0.25) is 0 Å². The van der Waals surface area contributed by atoms with E-state index in [9.17, 15) is 9.18 Å². The molecule has 1 unspecified atom stereocenters. The lowest BCUT2D eigenvalue weighted by Gasteiger charge is -2.11. The summed E-state index contributed by atoms with van der Waals surface area (Å²) in [6, 6.07) is 9.25. The molecule has 0 saturated carbocycles. The number of nitrogens with one attached hydrogen (secondary N) is 2. The van der Waals surface area contributed by atoms with Crippen molar-refractivity contribution in [2.24, 2.45) is 0 Å². The van der Waals surface area contributed by atoms with E-state index in [1.807, 2.05) is 28.8 Å². The third-order valence-electron chi connectivity index (χ3n) is 5.62. The van der Waals surface area contributed by atoms with Gasteiger partial charge in [-0.05, 0) is 43.1 Å². The van der Waals surface area contributed by atoms with Gasteiger partial charge in [-0.15, -0.1) is 0 Å². The van der Waals surface area contributed by atoms with Gasteiger partial charge in [0.2, 0.25) is 0 Å². The monoisotopic (exact) mass is 424 g/mol. The highest BCUT2D eigenvalue weighted by molar-refractivity contribution is 7.23. The smallest absolute Gasteiger partial charge is 0.254 e. The maximum Gasteiger partial charge on any atom is 0.254 e. The van der Waals surface area contributed by atoms with Crippen LogP contribution in [-0.4, -0.2) is 36.0 Å². The highest BCUT2D eigenvalue weighted by Crippen LogP contribution is 2.35. The van der Waals surface area contributed by atoms with Crippen molar-refractivity contribution in [3.05, 3.63) is 53.5 Å². The number of carbonyl (C=O) groups is 1. The van der Waals surface area contributed by atoms with Crippen molar-refractivity contribution in [2.75, 3.05) is 20.7 Å². The van der Waals surface area contributed by atoms with Gasteiger partial charge in [-0.2, -0.15) is 0 Å². The standard InChI is InChI=1S/C22H21FN4O2S/c1-24-21(28)14-9-20-18(10-19(14)29-2)27-11-17(26-22(27)30-20)13-6-5-12(8-15(13)23)16-4-3-7-25-16/h5-6,8-11,16,25H,3-4,7H2,1-2H3,(H,24,28). The molecule has 2 N–H and O–H groups in total. The molecular weight excluding hydrogens is 403 g/mol. The van der Waals surface area contributed by atoms with Gasteiger partial charge < -0.3 is 15.4 Å². The summed E-state index contributed by atoms with van der Waals surface area (Å²) in [4.78, 5) is 17.5. The molecule has 8 heteroatoms. The van der Waals surface area contributed by atoms with E-state index < -0.39 is 0 Å². The molecule has 1 aliphatic heterocycles. The number of imidazole rings is 1. The number of nitrogens with zero attached hydrogens (tertiary/aromatic N) is 2. The molecule has 0 spiro atoms. The fourth-order valence-electron chi connectivity index (χ4n) is 4.06. The first kappa shape index (κ1) is 19.0. The Bertz CT molecular complexity index is 1270. The topological polar surface area (TPSA) is 67.7 Å². The quantitative estimate of drug-likeness (QED) is 0.517. The summed E-state index contributed by atoms with van der Waals surface area (Å²) in [5.41, 5.74) is 3.38. The molecule has 0 aliphatic carbocycles. The summed E-state index contributed by atoms with van der Waals surface area (Å²) in [7, 11) is 3.12. The van der Waals surface area contributed by atoms with Crippen LogP contribution in [0.15, 0.2) is 36.5 Å². The third kappa shape index (κ3) is 3.03. The number of thiazole rings is 1. The summed E-state index contributed by atoms with van der Waals surface area (Å²) >= 11 is 1.45. The van der Waals surface area contributed by atoms with E-state index in [1.54, 1.807) is 19.2 Å². The maximum atomic E-state index is 14.9. The van der Waals surface area contributed by atoms with Crippen molar-refractivity contribution < 1.29 is 13.9 Å². The normalized spacial score (nSPS) is 16.4. The van der Waals surface area contributed by atoms with Crippen molar-refractivity contribution in [1.82, 2.24) is 20.0 Å². The lowest BCUT2D eigenvalue weighted by Crippen LogP contribution is -2.18. The maximum absolute atomic E-state index is 14.9. The van der Waals surface area contributed by atoms with E-state index in [4.69, 9.17) is 4.74 Å². The molecule has 2 aromatic carbocycles. The molecule has 0 bridgehead atoms. The van der Waals surface area contributed by atoms with E-state index in [2.05, 4.69) is 15.6 Å². The van der Waals surface area contributed by atoms with Gasteiger partial charge in [0.1, 0.15) is 11.6 Å². The predicted octanol–water partition coefficient (Wildman–Crippen LogP) is 4.15. The number of benzene rings is 2. The molecule has 2 aromatic heterocycles. The molecule has 6 nitrogen and oxygen atoms in total. The Kier molecular flexibility index (Phi) is 4.67. The summed E-state index contributed by atoms with van der Waals surface area (Å²) in [6.45, 7) is 0.976. The Morgan fingerprint density at radius 3 is 2.93 bits per heavy atom. The number of aromatic nitrogens is 2. The summed E-state index contributed by atoms with van der Waals surface area (Å²) in [5, 5.41) is 6.03. The Labute approximate surface area is 176 Å².